The molecule has 0 atom stereocenters. The van der Waals surface area contributed by atoms with Crippen LogP contribution in [0.5, 0.6) is 0 Å². The number of rotatable bonds is 6. The van der Waals surface area contributed by atoms with E-state index in [0.717, 1.165) is 48.3 Å². The van der Waals surface area contributed by atoms with Crippen molar-refractivity contribution < 1.29 is 22.0 Å². The molecule has 1 aromatic rings. The summed E-state index contributed by atoms with van der Waals surface area (Å²) in [6, 6.07) is 2.60. The fourth-order valence-corrected chi connectivity index (χ4v) is 6.85. The first-order valence-electron chi connectivity index (χ1n) is 11.8. The maximum atomic E-state index is 14.0. The first-order valence-corrected chi connectivity index (χ1v) is 13.2. The highest BCUT2D eigenvalue weighted by Crippen LogP contribution is 2.28. The van der Waals surface area contributed by atoms with Gasteiger partial charge < -0.3 is 10.2 Å². The standard InChI is InChI=1S/C23H33F2N3O3S/c24-19-5-6-21(25)22(15-19)32(30,31)28-13-7-18(8-14-28)23(29)26-20-9-11-27(12-10-20)16-17-3-1-2-4-17/h5-6,15,17-18,20H,1-4,7-14,16H2,(H,26,29). The van der Waals surface area contributed by atoms with Crippen LogP contribution in [0.2, 0.25) is 0 Å². The highest BCUT2D eigenvalue weighted by molar-refractivity contribution is 7.89. The van der Waals surface area contributed by atoms with Gasteiger partial charge in [0.25, 0.3) is 0 Å². The Balaban J connectivity index is 1.24. The van der Waals surface area contributed by atoms with Crippen molar-refractivity contribution >= 4 is 15.9 Å². The van der Waals surface area contributed by atoms with Crippen molar-refractivity contribution in [1.82, 2.24) is 14.5 Å². The summed E-state index contributed by atoms with van der Waals surface area (Å²) in [7, 11) is -4.13. The summed E-state index contributed by atoms with van der Waals surface area (Å²) in [6.07, 6.45) is 8.05. The van der Waals surface area contributed by atoms with Crippen molar-refractivity contribution in [2.24, 2.45) is 11.8 Å². The molecule has 178 valence electrons. The Kier molecular flexibility index (Phi) is 7.47. The zero-order chi connectivity index (χ0) is 22.7. The fraction of sp³-hybridized carbons (Fsp3) is 0.696. The van der Waals surface area contributed by atoms with Crippen LogP contribution in [0.3, 0.4) is 0 Å². The Labute approximate surface area is 189 Å². The maximum Gasteiger partial charge on any atom is 0.246 e. The average Bonchev–Trinajstić information content (AvgIpc) is 3.30. The quantitative estimate of drug-likeness (QED) is 0.695. The number of hydrogen-bond acceptors (Lipinski definition) is 4. The number of benzene rings is 1. The Morgan fingerprint density at radius 1 is 0.969 bits per heavy atom. The molecule has 32 heavy (non-hydrogen) atoms. The molecule has 2 saturated heterocycles. The minimum Gasteiger partial charge on any atom is -0.353 e. The van der Waals surface area contributed by atoms with Gasteiger partial charge in [0.2, 0.25) is 15.9 Å². The van der Waals surface area contributed by atoms with E-state index in [1.165, 1.54) is 32.2 Å². The van der Waals surface area contributed by atoms with Crippen LogP contribution in [-0.2, 0) is 14.8 Å². The summed E-state index contributed by atoms with van der Waals surface area (Å²) in [6.45, 7) is 3.45. The SMILES string of the molecule is O=C(NC1CCN(CC2CCCC2)CC1)C1CCN(S(=O)(=O)c2cc(F)ccc2F)CC1. The molecule has 9 heteroatoms. The second-order valence-electron chi connectivity index (χ2n) is 9.49. The van der Waals surface area contributed by atoms with Gasteiger partial charge in [-0.3, -0.25) is 4.79 Å². The average molecular weight is 470 g/mol. The molecule has 2 aliphatic heterocycles. The van der Waals surface area contributed by atoms with Crippen molar-refractivity contribution in [3.8, 4) is 0 Å². The lowest BCUT2D eigenvalue weighted by Crippen LogP contribution is -2.49. The van der Waals surface area contributed by atoms with Gasteiger partial charge in [-0.15, -0.1) is 0 Å². The molecule has 2 heterocycles. The second kappa shape index (κ2) is 10.1. The second-order valence-corrected chi connectivity index (χ2v) is 11.4. The molecule has 0 aromatic heterocycles. The predicted octanol–water partition coefficient (Wildman–Crippen LogP) is 3.14. The number of likely N-dealkylation sites (tertiary alicyclic amines) is 1. The van der Waals surface area contributed by atoms with Gasteiger partial charge >= 0.3 is 0 Å². The van der Waals surface area contributed by atoms with Gasteiger partial charge in [-0.2, -0.15) is 4.31 Å². The fourth-order valence-electron chi connectivity index (χ4n) is 5.31. The molecule has 1 aromatic carbocycles. The summed E-state index contributed by atoms with van der Waals surface area (Å²) < 4.78 is 54.0. The zero-order valence-electron chi connectivity index (χ0n) is 18.4. The molecule has 0 spiro atoms. The minimum absolute atomic E-state index is 0.0202. The highest BCUT2D eigenvalue weighted by atomic mass is 32.2. The van der Waals surface area contributed by atoms with E-state index in [2.05, 4.69) is 10.2 Å². The van der Waals surface area contributed by atoms with Gasteiger partial charge in [0.15, 0.2) is 0 Å². The lowest BCUT2D eigenvalue weighted by atomic mass is 9.95. The lowest BCUT2D eigenvalue weighted by molar-refractivity contribution is -0.127. The van der Waals surface area contributed by atoms with Gasteiger partial charge in [0.05, 0.1) is 0 Å². The van der Waals surface area contributed by atoms with Crippen molar-refractivity contribution in [3.63, 3.8) is 0 Å². The number of nitrogens with zero attached hydrogens (tertiary/aromatic N) is 2. The van der Waals surface area contributed by atoms with Crippen LogP contribution in [-0.4, -0.2) is 62.3 Å². The predicted molar refractivity (Wildman–Crippen MR) is 117 cm³/mol. The van der Waals surface area contributed by atoms with E-state index in [1.54, 1.807) is 0 Å². The molecule has 1 aliphatic carbocycles. The van der Waals surface area contributed by atoms with E-state index < -0.39 is 26.6 Å². The van der Waals surface area contributed by atoms with Gasteiger partial charge in [0.1, 0.15) is 16.5 Å². The number of hydrogen-bond donors (Lipinski definition) is 1. The van der Waals surface area contributed by atoms with Crippen molar-refractivity contribution in [3.05, 3.63) is 29.8 Å². The number of carbonyl (C=O) groups excluding carboxylic acids is 1. The number of carbonyl (C=O) groups is 1. The molecule has 0 radical (unpaired) electrons. The summed E-state index contributed by atoms with van der Waals surface area (Å²) in [4.78, 5) is 14.6. The molecule has 6 nitrogen and oxygen atoms in total. The van der Waals surface area contributed by atoms with Crippen LogP contribution in [0, 0.1) is 23.5 Å². The summed E-state index contributed by atoms with van der Waals surface area (Å²) in [5, 5.41) is 3.16. The van der Waals surface area contributed by atoms with Gasteiger partial charge in [0, 0.05) is 44.7 Å². The zero-order valence-corrected chi connectivity index (χ0v) is 19.3. The molecule has 1 amide bonds. The first-order chi connectivity index (χ1) is 15.3. The monoisotopic (exact) mass is 469 g/mol. The normalized spacial score (nSPS) is 22.9. The molecule has 3 aliphatic rings. The largest absolute Gasteiger partial charge is 0.353 e. The van der Waals surface area contributed by atoms with E-state index in [0.29, 0.717) is 18.9 Å². The van der Waals surface area contributed by atoms with E-state index in [-0.39, 0.29) is 31.0 Å². The van der Waals surface area contributed by atoms with E-state index in [1.807, 2.05) is 0 Å². The third kappa shape index (κ3) is 5.48. The Morgan fingerprint density at radius 3 is 2.28 bits per heavy atom. The first kappa shape index (κ1) is 23.6. The van der Waals surface area contributed by atoms with Crippen LogP contribution in [0.4, 0.5) is 8.78 Å². The van der Waals surface area contributed by atoms with Gasteiger partial charge in [-0.05, 0) is 62.6 Å². The Bertz CT molecular complexity index is 905. The molecule has 1 saturated carbocycles. The third-order valence-electron chi connectivity index (χ3n) is 7.26. The molecule has 1 N–H and O–H groups in total. The van der Waals surface area contributed by atoms with E-state index in [9.17, 15) is 22.0 Å². The molecule has 0 unspecified atom stereocenters. The number of amides is 1. The van der Waals surface area contributed by atoms with E-state index >= 15 is 0 Å². The van der Waals surface area contributed by atoms with Gasteiger partial charge in [-0.25, -0.2) is 17.2 Å². The Hall–Kier alpha value is -1.58. The maximum absolute atomic E-state index is 14.0. The third-order valence-corrected chi connectivity index (χ3v) is 9.17. The van der Waals surface area contributed by atoms with Crippen LogP contribution in [0.15, 0.2) is 23.1 Å². The molecule has 3 fully saturated rings. The van der Waals surface area contributed by atoms with Crippen LogP contribution in [0.25, 0.3) is 0 Å². The van der Waals surface area contributed by atoms with Crippen molar-refractivity contribution in [1.29, 1.82) is 0 Å². The highest BCUT2D eigenvalue weighted by Gasteiger charge is 2.34. The van der Waals surface area contributed by atoms with Gasteiger partial charge in [-0.1, -0.05) is 12.8 Å². The Morgan fingerprint density at radius 2 is 1.62 bits per heavy atom. The summed E-state index contributed by atoms with van der Waals surface area (Å²) in [5.41, 5.74) is 0. The molecular weight excluding hydrogens is 436 g/mol. The number of halogens is 2. The minimum atomic E-state index is -4.13. The molecular formula is C23H33F2N3O3S. The number of sulfonamides is 1. The van der Waals surface area contributed by atoms with Crippen molar-refractivity contribution in [2.75, 3.05) is 32.7 Å². The summed E-state index contributed by atoms with van der Waals surface area (Å²) in [5.74, 6) is -1.20. The van der Waals surface area contributed by atoms with Crippen LogP contribution in [0.1, 0.15) is 51.4 Å². The van der Waals surface area contributed by atoms with E-state index in [4.69, 9.17) is 0 Å². The van der Waals surface area contributed by atoms with Crippen LogP contribution < -0.4 is 5.32 Å². The number of piperidine rings is 2. The number of nitrogens with one attached hydrogen (secondary N) is 1. The molecule has 0 bridgehead atoms. The lowest BCUT2D eigenvalue weighted by Gasteiger charge is -2.35. The van der Waals surface area contributed by atoms with Crippen molar-refractivity contribution in [2.45, 2.75) is 62.3 Å². The smallest absolute Gasteiger partial charge is 0.246 e. The van der Waals surface area contributed by atoms with Crippen LogP contribution >= 0.6 is 0 Å². The summed E-state index contributed by atoms with van der Waals surface area (Å²) >= 11 is 0. The topological polar surface area (TPSA) is 69.7 Å². The molecule has 4 rings (SSSR count).